The van der Waals surface area contributed by atoms with E-state index in [1.54, 1.807) is 17.0 Å². The van der Waals surface area contributed by atoms with E-state index in [1.807, 2.05) is 6.07 Å². The summed E-state index contributed by atoms with van der Waals surface area (Å²) in [6.45, 7) is 0.978. The van der Waals surface area contributed by atoms with Gasteiger partial charge in [-0.2, -0.15) is 0 Å². The molecule has 1 amide bonds. The van der Waals surface area contributed by atoms with E-state index in [1.165, 1.54) is 0 Å². The lowest BCUT2D eigenvalue weighted by Gasteiger charge is -2.31. The molecule has 1 aromatic rings. The van der Waals surface area contributed by atoms with E-state index in [0.29, 0.717) is 29.6 Å². The molecular weight excluding hydrogens is 325 g/mol. The molecule has 2 aliphatic rings. The van der Waals surface area contributed by atoms with E-state index in [0.717, 1.165) is 18.4 Å². The van der Waals surface area contributed by atoms with Crippen molar-refractivity contribution in [3.63, 3.8) is 0 Å². The first kappa shape index (κ1) is 15.6. The van der Waals surface area contributed by atoms with Crippen LogP contribution in [0.15, 0.2) is 18.2 Å². The lowest BCUT2D eigenvalue weighted by atomic mass is 9.97. The van der Waals surface area contributed by atoms with Gasteiger partial charge in [-0.05, 0) is 42.9 Å². The second-order valence-electron chi connectivity index (χ2n) is 6.08. The fourth-order valence-corrected chi connectivity index (χ4v) is 3.78. The molecule has 1 saturated heterocycles. The van der Waals surface area contributed by atoms with Crippen molar-refractivity contribution in [1.82, 2.24) is 4.90 Å². The third-order valence-corrected chi connectivity index (χ3v) is 5.11. The van der Waals surface area contributed by atoms with E-state index in [4.69, 9.17) is 28.3 Å². The number of carboxylic acids is 1. The van der Waals surface area contributed by atoms with Crippen LogP contribution in [-0.4, -0.2) is 35.0 Å². The van der Waals surface area contributed by atoms with Gasteiger partial charge in [0.25, 0.3) is 0 Å². The number of hydrogen-bond donors (Lipinski definition) is 1. The summed E-state index contributed by atoms with van der Waals surface area (Å²) in [5.74, 6) is -1.14. The zero-order valence-electron chi connectivity index (χ0n) is 12.0. The maximum Gasteiger partial charge on any atom is 0.308 e. The second kappa shape index (κ2) is 6.09. The quantitative estimate of drug-likeness (QED) is 0.916. The molecule has 22 heavy (non-hydrogen) atoms. The van der Waals surface area contributed by atoms with Gasteiger partial charge in [0.2, 0.25) is 5.91 Å². The number of benzene rings is 1. The molecule has 1 aromatic carbocycles. The predicted octanol–water partition coefficient (Wildman–Crippen LogP) is 3.42. The number of piperidine rings is 1. The molecular formula is C16H17Cl2NO3. The predicted molar refractivity (Wildman–Crippen MR) is 84.2 cm³/mol. The van der Waals surface area contributed by atoms with Crippen LogP contribution in [0.2, 0.25) is 10.0 Å². The Labute approximate surface area is 139 Å². The van der Waals surface area contributed by atoms with Gasteiger partial charge in [0.05, 0.1) is 5.92 Å². The van der Waals surface area contributed by atoms with Crippen LogP contribution < -0.4 is 0 Å². The molecule has 0 aromatic heterocycles. The minimum atomic E-state index is -0.814. The first-order valence-corrected chi connectivity index (χ1v) is 8.19. The summed E-state index contributed by atoms with van der Waals surface area (Å²) in [5, 5.41) is 10.3. The monoisotopic (exact) mass is 341 g/mol. The first-order chi connectivity index (χ1) is 10.5. The van der Waals surface area contributed by atoms with Crippen molar-refractivity contribution in [2.75, 3.05) is 13.1 Å². The number of hydrogen-bond acceptors (Lipinski definition) is 2. The SMILES string of the molecule is O=C(O)C1CCCN(C(=O)C2CC2c2ccc(Cl)cc2Cl)C1. The molecule has 4 nitrogen and oxygen atoms in total. The zero-order chi connectivity index (χ0) is 15.9. The van der Waals surface area contributed by atoms with Gasteiger partial charge in [0.15, 0.2) is 0 Å². The lowest BCUT2D eigenvalue weighted by Crippen LogP contribution is -2.43. The minimum absolute atomic E-state index is 0.0574. The smallest absolute Gasteiger partial charge is 0.308 e. The van der Waals surface area contributed by atoms with Crippen molar-refractivity contribution >= 4 is 35.1 Å². The molecule has 6 heteroatoms. The maximum atomic E-state index is 12.6. The molecule has 0 spiro atoms. The molecule has 118 valence electrons. The van der Waals surface area contributed by atoms with Crippen LogP contribution in [0.1, 0.15) is 30.7 Å². The highest BCUT2D eigenvalue weighted by molar-refractivity contribution is 6.35. The summed E-state index contributed by atoms with van der Waals surface area (Å²) in [4.78, 5) is 25.4. The molecule has 1 aliphatic heterocycles. The zero-order valence-corrected chi connectivity index (χ0v) is 13.5. The molecule has 3 atom stereocenters. The molecule has 1 aliphatic carbocycles. The van der Waals surface area contributed by atoms with Gasteiger partial charge in [-0.15, -0.1) is 0 Å². The van der Waals surface area contributed by atoms with Gasteiger partial charge in [-0.1, -0.05) is 29.3 Å². The third kappa shape index (κ3) is 3.08. The fraction of sp³-hybridized carbons (Fsp3) is 0.500. The number of carbonyl (C=O) groups is 2. The Morgan fingerprint density at radius 2 is 2.05 bits per heavy atom. The highest BCUT2D eigenvalue weighted by atomic mass is 35.5. The molecule has 0 radical (unpaired) electrons. The Kier molecular flexibility index (Phi) is 4.33. The van der Waals surface area contributed by atoms with Gasteiger partial charge < -0.3 is 10.0 Å². The van der Waals surface area contributed by atoms with Crippen LogP contribution >= 0.6 is 23.2 Å². The normalized spacial score (nSPS) is 27.5. The topological polar surface area (TPSA) is 57.6 Å². The van der Waals surface area contributed by atoms with Crippen LogP contribution in [-0.2, 0) is 9.59 Å². The number of rotatable bonds is 3. The Bertz CT molecular complexity index is 619. The molecule has 1 N–H and O–H groups in total. The average Bonchev–Trinajstić information content (AvgIpc) is 3.27. The van der Waals surface area contributed by atoms with Gasteiger partial charge in [0.1, 0.15) is 0 Å². The number of carbonyl (C=O) groups excluding carboxylic acids is 1. The van der Waals surface area contributed by atoms with E-state index in [-0.39, 0.29) is 17.7 Å². The summed E-state index contributed by atoms with van der Waals surface area (Å²) in [5.41, 5.74) is 0.955. The van der Waals surface area contributed by atoms with E-state index in [9.17, 15) is 9.59 Å². The number of aliphatic carboxylic acids is 1. The number of nitrogens with zero attached hydrogens (tertiary/aromatic N) is 1. The van der Waals surface area contributed by atoms with Crippen LogP contribution in [0, 0.1) is 11.8 Å². The average molecular weight is 342 g/mol. The number of amides is 1. The van der Waals surface area contributed by atoms with Gasteiger partial charge >= 0.3 is 5.97 Å². The molecule has 1 saturated carbocycles. The van der Waals surface area contributed by atoms with Gasteiger partial charge in [0, 0.05) is 29.1 Å². The van der Waals surface area contributed by atoms with E-state index in [2.05, 4.69) is 0 Å². The molecule has 3 unspecified atom stereocenters. The van der Waals surface area contributed by atoms with Crippen molar-refractivity contribution in [1.29, 1.82) is 0 Å². The Morgan fingerprint density at radius 3 is 2.73 bits per heavy atom. The first-order valence-electron chi connectivity index (χ1n) is 7.44. The Hall–Kier alpha value is -1.26. The summed E-state index contributed by atoms with van der Waals surface area (Å²) < 4.78 is 0. The summed E-state index contributed by atoms with van der Waals surface area (Å²) in [6, 6.07) is 5.35. The van der Waals surface area contributed by atoms with Crippen molar-refractivity contribution in [2.24, 2.45) is 11.8 Å². The minimum Gasteiger partial charge on any atom is -0.481 e. The Balaban J connectivity index is 1.66. The van der Waals surface area contributed by atoms with Crippen LogP contribution in [0.5, 0.6) is 0 Å². The molecule has 3 rings (SSSR count). The highest BCUT2D eigenvalue weighted by Crippen LogP contribution is 2.51. The maximum absolute atomic E-state index is 12.6. The highest BCUT2D eigenvalue weighted by Gasteiger charge is 2.47. The van der Waals surface area contributed by atoms with Gasteiger partial charge in [-0.3, -0.25) is 9.59 Å². The van der Waals surface area contributed by atoms with Crippen LogP contribution in [0.25, 0.3) is 0 Å². The fourth-order valence-electron chi connectivity index (χ4n) is 3.23. The molecule has 1 heterocycles. The summed E-state index contributed by atoms with van der Waals surface area (Å²) in [6.07, 6.45) is 2.17. The second-order valence-corrected chi connectivity index (χ2v) is 6.92. The number of halogens is 2. The van der Waals surface area contributed by atoms with E-state index >= 15 is 0 Å². The standard InChI is InChI=1S/C16H17Cl2NO3/c17-10-3-4-11(14(18)6-10)12-7-13(12)15(20)19-5-1-2-9(8-19)16(21)22/h3-4,6,9,12-13H,1-2,5,7-8H2,(H,21,22). The van der Waals surface area contributed by atoms with Crippen molar-refractivity contribution in [2.45, 2.75) is 25.2 Å². The number of likely N-dealkylation sites (tertiary alicyclic amines) is 1. The summed E-state index contributed by atoms with van der Waals surface area (Å²) in [7, 11) is 0. The molecule has 2 fully saturated rings. The third-order valence-electron chi connectivity index (χ3n) is 4.55. The van der Waals surface area contributed by atoms with Crippen LogP contribution in [0.3, 0.4) is 0 Å². The number of carboxylic acid groups (broad SMARTS) is 1. The largest absolute Gasteiger partial charge is 0.481 e. The van der Waals surface area contributed by atoms with Crippen LogP contribution in [0.4, 0.5) is 0 Å². The lowest BCUT2D eigenvalue weighted by molar-refractivity contribution is -0.146. The van der Waals surface area contributed by atoms with Crippen molar-refractivity contribution in [3.8, 4) is 0 Å². The Morgan fingerprint density at radius 1 is 1.27 bits per heavy atom. The van der Waals surface area contributed by atoms with Gasteiger partial charge in [-0.25, -0.2) is 0 Å². The molecule has 0 bridgehead atoms. The van der Waals surface area contributed by atoms with Crippen molar-refractivity contribution in [3.05, 3.63) is 33.8 Å². The summed E-state index contributed by atoms with van der Waals surface area (Å²) >= 11 is 12.1. The van der Waals surface area contributed by atoms with E-state index < -0.39 is 11.9 Å². The van der Waals surface area contributed by atoms with Crippen molar-refractivity contribution < 1.29 is 14.7 Å².